The first-order chi connectivity index (χ1) is 34.1. The monoisotopic (exact) mass is 1050 g/mol. The predicted octanol–water partition coefficient (Wildman–Crippen LogP) is 17.8. The summed E-state index contributed by atoms with van der Waals surface area (Å²) in [5.74, 6) is 2.03. The molecule has 0 radical (unpaired) electrons. The highest BCUT2D eigenvalue weighted by atomic mass is 16.5. The largest absolute Gasteiger partial charge is 0.469 e. The maximum atomic E-state index is 12.3. The van der Waals surface area contributed by atoms with Gasteiger partial charge in [0.05, 0.1) is 37.6 Å². The number of rotatable bonds is 29. The first-order valence-electron chi connectivity index (χ1n) is 28.8. The molecule has 0 aliphatic heterocycles. The van der Waals surface area contributed by atoms with Crippen molar-refractivity contribution < 1.29 is 38.2 Å². The first kappa shape index (κ1) is 84.3. The van der Waals surface area contributed by atoms with Gasteiger partial charge in [0.1, 0.15) is 0 Å². The summed E-state index contributed by atoms with van der Waals surface area (Å²) in [7, 11) is 1.42. The third kappa shape index (κ3) is 45.7. The number of benzene rings is 1. The van der Waals surface area contributed by atoms with E-state index in [-0.39, 0.29) is 61.8 Å². The molecule has 1 aromatic carbocycles. The van der Waals surface area contributed by atoms with Crippen LogP contribution in [0, 0.1) is 35.0 Å². The summed E-state index contributed by atoms with van der Waals surface area (Å²) < 4.78 is 14.3. The number of carbonyl (C=O) groups excluding carboxylic acids is 5. The lowest BCUT2D eigenvalue weighted by atomic mass is 9.91. The van der Waals surface area contributed by atoms with Crippen LogP contribution < -0.4 is 0 Å². The molecule has 10 heteroatoms. The number of amides is 2. The molecular formula is C64H126N2O8. The van der Waals surface area contributed by atoms with Gasteiger partial charge >= 0.3 is 17.9 Å². The molecule has 0 saturated carbocycles. The fraction of sp³-hybridized carbons (Fsp3) is 0.797. The highest BCUT2D eigenvalue weighted by Gasteiger charge is 2.26. The van der Waals surface area contributed by atoms with Crippen LogP contribution in [-0.2, 0) is 38.2 Å². The van der Waals surface area contributed by atoms with E-state index in [1.807, 2.05) is 72.1 Å². The van der Waals surface area contributed by atoms with Crippen molar-refractivity contribution in [1.82, 2.24) is 9.80 Å². The fourth-order valence-electron chi connectivity index (χ4n) is 6.05. The third-order valence-corrected chi connectivity index (χ3v) is 13.3. The molecule has 2 amide bonds. The van der Waals surface area contributed by atoms with Crippen molar-refractivity contribution in [2.75, 3.05) is 46.5 Å². The van der Waals surface area contributed by atoms with E-state index in [4.69, 9.17) is 9.47 Å². The molecule has 74 heavy (non-hydrogen) atoms. The molecule has 10 nitrogen and oxygen atoms in total. The molecule has 0 bridgehead atoms. The van der Waals surface area contributed by atoms with Gasteiger partial charge in [0.15, 0.2) is 0 Å². The van der Waals surface area contributed by atoms with Gasteiger partial charge in [0.25, 0.3) is 0 Å². The summed E-state index contributed by atoms with van der Waals surface area (Å²) in [6.07, 6.45) is 20.3. The van der Waals surface area contributed by atoms with E-state index in [0.717, 1.165) is 96.8 Å². The van der Waals surface area contributed by atoms with Gasteiger partial charge < -0.3 is 24.0 Å². The predicted molar refractivity (Wildman–Crippen MR) is 321 cm³/mol. The van der Waals surface area contributed by atoms with Gasteiger partial charge in [-0.3, -0.25) is 24.0 Å². The van der Waals surface area contributed by atoms with Gasteiger partial charge in [-0.2, -0.15) is 0 Å². The molecule has 0 aromatic heterocycles. The van der Waals surface area contributed by atoms with E-state index in [0.29, 0.717) is 36.9 Å². The average molecular weight is 1050 g/mol. The summed E-state index contributed by atoms with van der Waals surface area (Å²) in [5.41, 5.74) is 1.14. The molecule has 0 spiro atoms. The van der Waals surface area contributed by atoms with Gasteiger partial charge in [-0.1, -0.05) is 200 Å². The number of ether oxygens (including phenoxy) is 3. The van der Waals surface area contributed by atoms with Crippen LogP contribution in [0.1, 0.15) is 261 Å². The topological polar surface area (TPSA) is 120 Å². The van der Waals surface area contributed by atoms with Crippen molar-refractivity contribution in [3.8, 4) is 0 Å². The van der Waals surface area contributed by atoms with Gasteiger partial charge in [-0.15, -0.1) is 0 Å². The Balaban J connectivity index is -0.000000148. The number of hydrogen-bond donors (Lipinski definition) is 0. The van der Waals surface area contributed by atoms with E-state index < -0.39 is 0 Å². The maximum Gasteiger partial charge on any atom is 0.311 e. The zero-order valence-electron chi connectivity index (χ0n) is 51.0. The minimum Gasteiger partial charge on any atom is -0.469 e. The minimum atomic E-state index is -0.311. The second-order valence-corrected chi connectivity index (χ2v) is 19.8. The van der Waals surface area contributed by atoms with Crippen LogP contribution in [0.15, 0.2) is 42.5 Å². The quantitative estimate of drug-likeness (QED) is 0.0337. The Bertz CT molecular complexity index is 1450. The van der Waals surface area contributed by atoms with Crippen molar-refractivity contribution in [1.29, 1.82) is 0 Å². The second-order valence-electron chi connectivity index (χ2n) is 19.8. The van der Waals surface area contributed by atoms with E-state index in [1.165, 1.54) is 38.4 Å². The zero-order chi connectivity index (χ0) is 56.5. The lowest BCUT2D eigenvalue weighted by Crippen LogP contribution is -2.37. The van der Waals surface area contributed by atoms with Crippen LogP contribution in [0.3, 0.4) is 0 Å². The van der Waals surface area contributed by atoms with Gasteiger partial charge in [0, 0.05) is 38.0 Å². The number of unbranched alkanes of at least 4 members (excludes halogenated alkanes) is 4. The smallest absolute Gasteiger partial charge is 0.311 e. The van der Waals surface area contributed by atoms with E-state index >= 15 is 0 Å². The number of nitrogens with zero attached hydrogens (tertiary/aromatic N) is 2. The Morgan fingerprint density at radius 2 is 1.05 bits per heavy atom. The second kappa shape index (κ2) is 57.0. The summed E-state index contributed by atoms with van der Waals surface area (Å²) in [6, 6.07) is 10.6. The average Bonchev–Trinajstić information content (AvgIpc) is 3.40. The molecule has 0 N–H and O–H groups in total. The molecule has 0 aliphatic carbocycles. The number of hydrogen-bond acceptors (Lipinski definition) is 8. The lowest BCUT2D eigenvalue weighted by Gasteiger charge is -2.26. The standard InChI is InChI=1S/C17H33NO.C12H25NO.C10H14.C9H18O2.2C7H14O2.2CH4/c1-6-9-10-11-12-13-14-18(8-3)17(19)16(5)15(4)7-2;1-5-8-10-13(9-6-2)12(14)11(4)7-3;1-3-9(2)10-7-5-4-6-8-10;1-4-6-7-11-9(10)8(3)5-2;1-5-7(2,3)6(8)9-4;1-4-6(3)7(8)9-5-2;;/h11-12,15-16H,6-10,13-14H2,1-5H3;11H,5-10H2,1-4H3;4-9H,3H2,1-2H3;8H,4-7H2,1-3H3;5H2,1-4H3;6H,4-5H2,1-3H3;2*1H4/b12-11+;;;;;;;. The first-order valence-corrected chi connectivity index (χ1v) is 28.8. The Kier molecular flexibility index (Phi) is 64.9. The normalized spacial score (nSPS) is 12.7. The molecular weight excluding hydrogens is 925 g/mol. The van der Waals surface area contributed by atoms with Crippen molar-refractivity contribution in [3.63, 3.8) is 0 Å². The Morgan fingerprint density at radius 3 is 1.45 bits per heavy atom. The molecule has 0 aliphatic rings. The van der Waals surface area contributed by atoms with E-state index in [9.17, 15) is 24.0 Å². The van der Waals surface area contributed by atoms with Gasteiger partial charge in [0.2, 0.25) is 11.8 Å². The Labute approximate surface area is 461 Å². The summed E-state index contributed by atoms with van der Waals surface area (Å²) >= 11 is 0. The highest BCUT2D eigenvalue weighted by Crippen LogP contribution is 2.21. The fourth-order valence-corrected chi connectivity index (χ4v) is 6.05. The zero-order valence-corrected chi connectivity index (χ0v) is 51.0. The van der Waals surface area contributed by atoms with Crippen molar-refractivity contribution in [2.24, 2.45) is 35.0 Å². The van der Waals surface area contributed by atoms with Gasteiger partial charge in [-0.25, -0.2) is 0 Å². The van der Waals surface area contributed by atoms with Crippen molar-refractivity contribution >= 4 is 29.7 Å². The summed E-state index contributed by atoms with van der Waals surface area (Å²) in [4.78, 5) is 60.9. The summed E-state index contributed by atoms with van der Waals surface area (Å²) in [5, 5.41) is 0. The number of esters is 3. The molecule has 1 rings (SSSR count). The number of allylic oxidation sites excluding steroid dienone is 1. The van der Waals surface area contributed by atoms with Crippen LogP contribution in [0.5, 0.6) is 0 Å². The SMILES string of the molecule is C.C.CCC(C)(C)C(=O)OC.CCC(C)c1ccccc1.CCCC/C=C/CCN(CC)C(=O)C(C)C(C)CC.CCCCN(CCC)C(=O)C(C)CC.CCCCOC(=O)C(C)CC.CCOC(=O)C(C)CC. The Morgan fingerprint density at radius 1 is 0.554 bits per heavy atom. The molecule has 6 atom stereocenters. The van der Waals surface area contributed by atoms with Crippen molar-refractivity contribution in [2.45, 2.75) is 256 Å². The third-order valence-electron chi connectivity index (χ3n) is 13.3. The molecule has 440 valence electrons. The number of carbonyl (C=O) groups is 5. The molecule has 0 saturated heterocycles. The van der Waals surface area contributed by atoms with E-state index in [1.54, 1.807) is 0 Å². The highest BCUT2D eigenvalue weighted by molar-refractivity contribution is 5.79. The van der Waals surface area contributed by atoms with Crippen LogP contribution in [0.4, 0.5) is 0 Å². The van der Waals surface area contributed by atoms with Crippen molar-refractivity contribution in [3.05, 3.63) is 48.0 Å². The van der Waals surface area contributed by atoms with E-state index in [2.05, 4.69) is 123 Å². The Hall–Kier alpha value is -3.69. The number of methoxy groups -OCH3 is 1. The van der Waals surface area contributed by atoms with Gasteiger partial charge in [-0.05, 0) is 109 Å². The van der Waals surface area contributed by atoms with Crippen LogP contribution in [0.2, 0.25) is 0 Å². The van der Waals surface area contributed by atoms with Crippen LogP contribution >= 0.6 is 0 Å². The molecule has 6 unspecified atom stereocenters. The molecule has 1 aromatic rings. The van der Waals surface area contributed by atoms with Crippen LogP contribution in [-0.4, -0.2) is 86.0 Å². The molecule has 0 fully saturated rings. The maximum absolute atomic E-state index is 12.3. The van der Waals surface area contributed by atoms with Crippen LogP contribution in [0.25, 0.3) is 0 Å². The minimum absolute atomic E-state index is 0. The lowest BCUT2D eigenvalue weighted by molar-refractivity contribution is -0.151. The molecule has 0 heterocycles. The summed E-state index contributed by atoms with van der Waals surface area (Å²) in [6.45, 7) is 45.5.